The van der Waals surface area contributed by atoms with Gasteiger partial charge in [-0.25, -0.2) is 0 Å². The zero-order chi connectivity index (χ0) is 18.5. The van der Waals surface area contributed by atoms with Crippen LogP contribution < -0.4 is 5.43 Å². The molecule has 0 bridgehead atoms. The molecule has 2 nitrogen and oxygen atoms in total. The summed E-state index contributed by atoms with van der Waals surface area (Å²) in [6, 6.07) is 30.8. The number of rotatable bonds is 4. The SMILES string of the molecule is O=c1cc(-c2ccccc2)oc(-c2ccc(/C=C/c3ccccc3)cc2)c1. The summed E-state index contributed by atoms with van der Waals surface area (Å²) >= 11 is 0. The first-order valence-electron chi connectivity index (χ1n) is 8.82. The number of hydrogen-bond donors (Lipinski definition) is 0. The third-order valence-electron chi connectivity index (χ3n) is 4.29. The molecule has 0 aliphatic rings. The largest absolute Gasteiger partial charge is 0.456 e. The van der Waals surface area contributed by atoms with Gasteiger partial charge in [-0.1, -0.05) is 97.1 Å². The molecule has 2 heteroatoms. The monoisotopic (exact) mass is 350 g/mol. The van der Waals surface area contributed by atoms with Crippen LogP contribution in [0.3, 0.4) is 0 Å². The van der Waals surface area contributed by atoms with Crippen LogP contribution in [0.2, 0.25) is 0 Å². The summed E-state index contributed by atoms with van der Waals surface area (Å²) in [6.07, 6.45) is 4.14. The van der Waals surface area contributed by atoms with E-state index in [0.29, 0.717) is 11.5 Å². The Morgan fingerprint density at radius 2 is 1.04 bits per heavy atom. The lowest BCUT2D eigenvalue weighted by Crippen LogP contribution is -1.98. The van der Waals surface area contributed by atoms with Crippen LogP contribution in [0.5, 0.6) is 0 Å². The van der Waals surface area contributed by atoms with E-state index in [2.05, 4.69) is 24.3 Å². The molecule has 0 saturated carbocycles. The zero-order valence-corrected chi connectivity index (χ0v) is 14.7. The number of hydrogen-bond acceptors (Lipinski definition) is 2. The average molecular weight is 350 g/mol. The van der Waals surface area contributed by atoms with Crippen LogP contribution >= 0.6 is 0 Å². The van der Waals surface area contributed by atoms with Gasteiger partial charge >= 0.3 is 0 Å². The van der Waals surface area contributed by atoms with Crippen LogP contribution in [0.4, 0.5) is 0 Å². The molecule has 130 valence electrons. The van der Waals surface area contributed by atoms with E-state index < -0.39 is 0 Å². The van der Waals surface area contributed by atoms with Crippen molar-refractivity contribution in [1.82, 2.24) is 0 Å². The smallest absolute Gasteiger partial charge is 0.186 e. The average Bonchev–Trinajstić information content (AvgIpc) is 2.73. The van der Waals surface area contributed by atoms with Crippen LogP contribution in [-0.4, -0.2) is 0 Å². The highest BCUT2D eigenvalue weighted by atomic mass is 16.3. The van der Waals surface area contributed by atoms with Gasteiger partial charge in [0.15, 0.2) is 5.43 Å². The van der Waals surface area contributed by atoms with Crippen molar-refractivity contribution in [2.45, 2.75) is 0 Å². The quantitative estimate of drug-likeness (QED) is 0.414. The predicted octanol–water partition coefficient (Wildman–Crippen LogP) is 6.14. The molecule has 0 radical (unpaired) electrons. The molecular weight excluding hydrogens is 332 g/mol. The van der Waals surface area contributed by atoms with Gasteiger partial charge in [-0.05, 0) is 11.1 Å². The minimum atomic E-state index is -0.0665. The Kier molecular flexibility index (Phi) is 4.80. The van der Waals surface area contributed by atoms with Crippen molar-refractivity contribution in [3.8, 4) is 22.6 Å². The molecule has 0 N–H and O–H groups in total. The van der Waals surface area contributed by atoms with Gasteiger partial charge in [0.1, 0.15) is 11.5 Å². The standard InChI is InChI=1S/C25H18O2/c26-23-17-24(21-9-5-2-6-10-21)27-25(18-23)22-15-13-20(14-16-22)12-11-19-7-3-1-4-8-19/h1-18H/b12-11+. The molecule has 0 atom stereocenters. The van der Waals surface area contributed by atoms with Crippen LogP contribution in [0.1, 0.15) is 11.1 Å². The summed E-state index contributed by atoms with van der Waals surface area (Å²) in [5.41, 5.74) is 3.94. The second kappa shape index (κ2) is 7.71. The van der Waals surface area contributed by atoms with Crippen LogP contribution in [0, 0.1) is 0 Å². The maximum Gasteiger partial charge on any atom is 0.186 e. The van der Waals surface area contributed by atoms with Gasteiger partial charge in [-0.15, -0.1) is 0 Å². The maximum atomic E-state index is 12.1. The fourth-order valence-electron chi connectivity index (χ4n) is 2.88. The van der Waals surface area contributed by atoms with Gasteiger partial charge in [0.2, 0.25) is 0 Å². The van der Waals surface area contributed by atoms with Crippen molar-refractivity contribution in [3.63, 3.8) is 0 Å². The van der Waals surface area contributed by atoms with Crippen molar-refractivity contribution in [3.05, 3.63) is 118 Å². The maximum absolute atomic E-state index is 12.1. The summed E-state index contributed by atoms with van der Waals surface area (Å²) in [5, 5.41) is 0. The fourth-order valence-corrected chi connectivity index (χ4v) is 2.88. The van der Waals surface area contributed by atoms with E-state index in [1.807, 2.05) is 72.8 Å². The van der Waals surface area contributed by atoms with Gasteiger partial charge in [-0.2, -0.15) is 0 Å². The summed E-state index contributed by atoms with van der Waals surface area (Å²) in [6.45, 7) is 0. The van der Waals surface area contributed by atoms with E-state index in [9.17, 15) is 4.79 Å². The molecule has 0 saturated heterocycles. The Morgan fingerprint density at radius 1 is 0.556 bits per heavy atom. The third-order valence-corrected chi connectivity index (χ3v) is 4.29. The molecule has 0 aliphatic carbocycles. The molecule has 27 heavy (non-hydrogen) atoms. The third kappa shape index (κ3) is 4.13. The highest BCUT2D eigenvalue weighted by Gasteiger charge is 2.07. The van der Waals surface area contributed by atoms with Crippen LogP contribution in [0.25, 0.3) is 34.8 Å². The first-order valence-corrected chi connectivity index (χ1v) is 8.82. The molecule has 1 heterocycles. The fraction of sp³-hybridized carbons (Fsp3) is 0. The van der Waals surface area contributed by atoms with Gasteiger partial charge < -0.3 is 4.42 Å². The lowest BCUT2D eigenvalue weighted by Gasteiger charge is -2.05. The Hall–Kier alpha value is -3.65. The second-order valence-corrected chi connectivity index (χ2v) is 6.25. The second-order valence-electron chi connectivity index (χ2n) is 6.25. The summed E-state index contributed by atoms with van der Waals surface area (Å²) in [7, 11) is 0. The van der Waals surface area contributed by atoms with Crippen molar-refractivity contribution in [2.24, 2.45) is 0 Å². The first-order chi connectivity index (χ1) is 13.3. The molecule has 0 unspecified atom stereocenters. The highest BCUT2D eigenvalue weighted by molar-refractivity contribution is 5.71. The van der Waals surface area contributed by atoms with E-state index >= 15 is 0 Å². The predicted molar refractivity (Wildman–Crippen MR) is 111 cm³/mol. The molecule has 0 fully saturated rings. The van der Waals surface area contributed by atoms with Crippen molar-refractivity contribution in [1.29, 1.82) is 0 Å². The summed E-state index contributed by atoms with van der Waals surface area (Å²) < 4.78 is 5.98. The molecule has 0 aliphatic heterocycles. The lowest BCUT2D eigenvalue weighted by molar-refractivity contribution is 0.580. The van der Waals surface area contributed by atoms with Gasteiger partial charge in [0, 0.05) is 23.3 Å². The van der Waals surface area contributed by atoms with Gasteiger partial charge in [0.25, 0.3) is 0 Å². The first kappa shape index (κ1) is 16.8. The van der Waals surface area contributed by atoms with Crippen LogP contribution in [0.15, 0.2) is 106 Å². The molecule has 4 aromatic rings. The van der Waals surface area contributed by atoms with Crippen molar-refractivity contribution >= 4 is 12.2 Å². The van der Waals surface area contributed by atoms with E-state index in [0.717, 1.165) is 22.3 Å². The molecule has 3 aromatic carbocycles. The summed E-state index contributed by atoms with van der Waals surface area (Å²) in [5.74, 6) is 1.14. The molecule has 4 rings (SSSR count). The lowest BCUT2D eigenvalue weighted by atomic mass is 10.1. The van der Waals surface area contributed by atoms with Crippen molar-refractivity contribution < 1.29 is 4.42 Å². The van der Waals surface area contributed by atoms with Gasteiger partial charge in [0.05, 0.1) is 0 Å². The topological polar surface area (TPSA) is 30.2 Å². The molecular formula is C25H18O2. The van der Waals surface area contributed by atoms with E-state index in [-0.39, 0.29) is 5.43 Å². The molecule has 1 aromatic heterocycles. The molecule has 0 amide bonds. The van der Waals surface area contributed by atoms with E-state index in [1.54, 1.807) is 0 Å². The minimum absolute atomic E-state index is 0.0665. The van der Waals surface area contributed by atoms with E-state index in [4.69, 9.17) is 4.42 Å². The minimum Gasteiger partial charge on any atom is -0.456 e. The Labute approximate surface area is 158 Å². The Balaban J connectivity index is 1.62. The summed E-state index contributed by atoms with van der Waals surface area (Å²) in [4.78, 5) is 12.1. The Morgan fingerprint density at radius 3 is 1.63 bits per heavy atom. The number of benzene rings is 3. The molecule has 0 spiro atoms. The van der Waals surface area contributed by atoms with E-state index in [1.165, 1.54) is 12.1 Å². The highest BCUT2D eigenvalue weighted by Crippen LogP contribution is 2.25. The zero-order valence-electron chi connectivity index (χ0n) is 14.7. The Bertz CT molecular complexity index is 1110. The van der Waals surface area contributed by atoms with Gasteiger partial charge in [-0.3, -0.25) is 4.79 Å². The van der Waals surface area contributed by atoms with Crippen LogP contribution in [-0.2, 0) is 0 Å². The normalized spacial score (nSPS) is 11.0. The van der Waals surface area contributed by atoms with Crippen molar-refractivity contribution in [2.75, 3.05) is 0 Å².